The van der Waals surface area contributed by atoms with Crippen molar-refractivity contribution >= 4 is 12.0 Å². The van der Waals surface area contributed by atoms with E-state index in [0.717, 1.165) is 5.56 Å². The SMILES string of the molecule is Cc1c(C)c(O)c(C=CC(C)(O)C(=O)NCCc2ccccc2)c(C)c1O. The lowest BCUT2D eigenvalue weighted by atomic mass is 9.95. The van der Waals surface area contributed by atoms with Crippen molar-refractivity contribution in [2.24, 2.45) is 0 Å². The maximum absolute atomic E-state index is 12.3. The molecular formula is C22H27NO4. The summed E-state index contributed by atoms with van der Waals surface area (Å²) in [6, 6.07) is 9.75. The number of aliphatic hydroxyl groups is 1. The third-order valence-electron chi connectivity index (χ3n) is 4.86. The number of phenols is 2. The molecule has 0 aliphatic carbocycles. The Morgan fingerprint density at radius 2 is 1.63 bits per heavy atom. The van der Waals surface area contributed by atoms with Gasteiger partial charge in [-0.15, -0.1) is 0 Å². The molecule has 5 heteroatoms. The van der Waals surface area contributed by atoms with Crippen molar-refractivity contribution in [2.75, 3.05) is 6.54 Å². The number of nitrogens with one attached hydrogen (secondary N) is 1. The highest BCUT2D eigenvalue weighted by molar-refractivity contribution is 5.88. The van der Waals surface area contributed by atoms with Crippen LogP contribution in [0.4, 0.5) is 0 Å². The van der Waals surface area contributed by atoms with E-state index in [1.807, 2.05) is 30.3 Å². The molecule has 5 nitrogen and oxygen atoms in total. The molecule has 27 heavy (non-hydrogen) atoms. The molecule has 1 unspecified atom stereocenters. The van der Waals surface area contributed by atoms with E-state index >= 15 is 0 Å². The zero-order valence-corrected chi connectivity index (χ0v) is 16.2. The molecule has 0 saturated carbocycles. The Kier molecular flexibility index (Phi) is 6.28. The third-order valence-corrected chi connectivity index (χ3v) is 4.86. The van der Waals surface area contributed by atoms with E-state index in [1.54, 1.807) is 20.8 Å². The fourth-order valence-electron chi connectivity index (χ4n) is 2.81. The van der Waals surface area contributed by atoms with Crippen LogP contribution in [-0.2, 0) is 11.2 Å². The monoisotopic (exact) mass is 369 g/mol. The lowest BCUT2D eigenvalue weighted by Crippen LogP contribution is -2.43. The van der Waals surface area contributed by atoms with Crippen LogP contribution in [0.1, 0.15) is 34.7 Å². The smallest absolute Gasteiger partial charge is 0.255 e. The highest BCUT2D eigenvalue weighted by Crippen LogP contribution is 2.37. The minimum Gasteiger partial charge on any atom is -0.507 e. The maximum atomic E-state index is 12.3. The average molecular weight is 369 g/mol. The van der Waals surface area contributed by atoms with Crippen LogP contribution in [0, 0.1) is 20.8 Å². The van der Waals surface area contributed by atoms with Crippen molar-refractivity contribution in [1.29, 1.82) is 0 Å². The first-order chi connectivity index (χ1) is 12.6. The Morgan fingerprint density at radius 3 is 2.26 bits per heavy atom. The summed E-state index contributed by atoms with van der Waals surface area (Å²) in [6.45, 7) is 6.89. The molecule has 0 saturated heterocycles. The molecule has 0 aromatic heterocycles. The first-order valence-corrected chi connectivity index (χ1v) is 8.90. The molecule has 0 aliphatic heterocycles. The fourth-order valence-corrected chi connectivity index (χ4v) is 2.81. The molecule has 1 atom stereocenters. The number of hydrogen-bond acceptors (Lipinski definition) is 4. The second-order valence-corrected chi connectivity index (χ2v) is 6.96. The van der Waals surface area contributed by atoms with Gasteiger partial charge in [0.25, 0.3) is 5.91 Å². The Bertz CT molecular complexity index is 825. The van der Waals surface area contributed by atoms with Crippen molar-refractivity contribution in [2.45, 2.75) is 39.7 Å². The summed E-state index contributed by atoms with van der Waals surface area (Å²) >= 11 is 0. The van der Waals surface area contributed by atoms with Crippen molar-refractivity contribution in [3.8, 4) is 11.5 Å². The quantitative estimate of drug-likeness (QED) is 0.589. The third kappa shape index (κ3) is 4.68. The predicted octanol–water partition coefficient (Wildman–Crippen LogP) is 3.15. The fraction of sp³-hybridized carbons (Fsp3) is 0.318. The summed E-state index contributed by atoms with van der Waals surface area (Å²) in [5.74, 6) is -0.406. The van der Waals surface area contributed by atoms with Crippen molar-refractivity contribution in [1.82, 2.24) is 5.32 Å². The molecule has 0 radical (unpaired) electrons. The number of hydrogen-bond donors (Lipinski definition) is 4. The molecule has 0 bridgehead atoms. The Balaban J connectivity index is 2.10. The second kappa shape index (κ2) is 8.27. The minimum absolute atomic E-state index is 0.0272. The molecule has 2 aromatic rings. The Morgan fingerprint density at radius 1 is 1.04 bits per heavy atom. The van der Waals surface area contributed by atoms with Gasteiger partial charge in [-0.1, -0.05) is 36.4 Å². The van der Waals surface area contributed by atoms with Gasteiger partial charge in [-0.05, 0) is 56.9 Å². The van der Waals surface area contributed by atoms with Gasteiger partial charge in [-0.2, -0.15) is 0 Å². The molecule has 0 spiro atoms. The van der Waals surface area contributed by atoms with E-state index in [0.29, 0.717) is 35.2 Å². The Hall–Kier alpha value is -2.79. The van der Waals surface area contributed by atoms with E-state index in [1.165, 1.54) is 19.1 Å². The molecule has 2 aromatic carbocycles. The summed E-state index contributed by atoms with van der Waals surface area (Å²) in [5, 5.41) is 33.7. The summed E-state index contributed by atoms with van der Waals surface area (Å²) in [4.78, 5) is 12.3. The van der Waals surface area contributed by atoms with Gasteiger partial charge < -0.3 is 20.6 Å². The van der Waals surface area contributed by atoms with Gasteiger partial charge >= 0.3 is 0 Å². The molecule has 1 amide bonds. The first kappa shape index (κ1) is 20.5. The van der Waals surface area contributed by atoms with E-state index in [-0.39, 0.29) is 11.5 Å². The van der Waals surface area contributed by atoms with Crippen LogP contribution in [0.5, 0.6) is 11.5 Å². The predicted molar refractivity (Wildman–Crippen MR) is 107 cm³/mol. The van der Waals surface area contributed by atoms with Crippen molar-refractivity contribution in [3.63, 3.8) is 0 Å². The zero-order valence-electron chi connectivity index (χ0n) is 16.2. The minimum atomic E-state index is -1.75. The van der Waals surface area contributed by atoms with Crippen LogP contribution in [-0.4, -0.2) is 33.4 Å². The number of aromatic hydroxyl groups is 2. The first-order valence-electron chi connectivity index (χ1n) is 8.90. The number of amides is 1. The van der Waals surface area contributed by atoms with Gasteiger partial charge in [-0.3, -0.25) is 4.79 Å². The normalized spacial score (nSPS) is 13.5. The summed E-state index contributed by atoms with van der Waals surface area (Å²) in [7, 11) is 0. The summed E-state index contributed by atoms with van der Waals surface area (Å²) in [5.41, 5.74) is 1.39. The maximum Gasteiger partial charge on any atom is 0.255 e. The van der Waals surface area contributed by atoms with Crippen LogP contribution < -0.4 is 5.32 Å². The highest BCUT2D eigenvalue weighted by Gasteiger charge is 2.27. The second-order valence-electron chi connectivity index (χ2n) is 6.96. The number of benzene rings is 2. The van der Waals surface area contributed by atoms with Gasteiger partial charge in [0.05, 0.1) is 0 Å². The van der Waals surface area contributed by atoms with Gasteiger partial charge in [0.15, 0.2) is 5.60 Å². The highest BCUT2D eigenvalue weighted by atomic mass is 16.3. The van der Waals surface area contributed by atoms with E-state index in [9.17, 15) is 20.1 Å². The average Bonchev–Trinajstić information content (AvgIpc) is 2.65. The lowest BCUT2D eigenvalue weighted by Gasteiger charge is -2.19. The molecule has 2 rings (SSSR count). The van der Waals surface area contributed by atoms with Gasteiger partial charge in [0.2, 0.25) is 0 Å². The molecular weight excluding hydrogens is 342 g/mol. The van der Waals surface area contributed by atoms with E-state index in [4.69, 9.17) is 0 Å². The number of carbonyl (C=O) groups excluding carboxylic acids is 1. The van der Waals surface area contributed by atoms with Crippen LogP contribution in [0.25, 0.3) is 6.08 Å². The number of phenolic OH excluding ortho intramolecular Hbond substituents is 2. The lowest BCUT2D eigenvalue weighted by molar-refractivity contribution is -0.133. The molecule has 0 aliphatic rings. The van der Waals surface area contributed by atoms with Crippen LogP contribution >= 0.6 is 0 Å². The van der Waals surface area contributed by atoms with E-state index in [2.05, 4.69) is 5.32 Å². The van der Waals surface area contributed by atoms with Crippen LogP contribution in [0.3, 0.4) is 0 Å². The van der Waals surface area contributed by atoms with Crippen molar-refractivity contribution in [3.05, 3.63) is 64.2 Å². The Labute approximate surface area is 160 Å². The van der Waals surface area contributed by atoms with Gasteiger partial charge in [-0.25, -0.2) is 0 Å². The molecule has 0 fully saturated rings. The summed E-state index contributed by atoms with van der Waals surface area (Å²) < 4.78 is 0. The van der Waals surface area contributed by atoms with Gasteiger partial charge in [0.1, 0.15) is 11.5 Å². The zero-order chi connectivity index (χ0) is 20.2. The molecule has 0 heterocycles. The number of carbonyl (C=O) groups is 1. The molecule has 4 N–H and O–H groups in total. The standard InChI is InChI=1S/C22H27NO4/c1-14-15(2)20(25)18(16(3)19(14)24)10-12-22(4,27)21(26)23-13-11-17-8-6-5-7-9-17/h5-10,12,24-25,27H,11,13H2,1-4H3,(H,23,26). The van der Waals surface area contributed by atoms with Crippen LogP contribution in [0.15, 0.2) is 36.4 Å². The topological polar surface area (TPSA) is 89.8 Å². The summed E-state index contributed by atoms with van der Waals surface area (Å²) in [6.07, 6.45) is 3.45. The van der Waals surface area contributed by atoms with Crippen LogP contribution in [0.2, 0.25) is 0 Å². The molecule has 144 valence electrons. The largest absolute Gasteiger partial charge is 0.507 e. The van der Waals surface area contributed by atoms with E-state index < -0.39 is 11.5 Å². The van der Waals surface area contributed by atoms with Gasteiger partial charge in [0, 0.05) is 17.7 Å². The van der Waals surface area contributed by atoms with Crippen molar-refractivity contribution < 1.29 is 20.1 Å². The number of rotatable bonds is 6.